The van der Waals surface area contributed by atoms with Crippen molar-refractivity contribution in [1.29, 1.82) is 0 Å². The van der Waals surface area contributed by atoms with E-state index >= 15 is 0 Å². The number of rotatable bonds is 10. The first-order valence-electron chi connectivity index (χ1n) is 16.4. The van der Waals surface area contributed by atoms with Crippen LogP contribution in [0.2, 0.25) is 0 Å². The average Bonchev–Trinajstić information content (AvgIpc) is 2.84. The summed E-state index contributed by atoms with van der Waals surface area (Å²) in [5.41, 5.74) is 0. The predicted octanol–water partition coefficient (Wildman–Crippen LogP) is 8.26. The number of hydrogen-bond donors (Lipinski definition) is 0. The summed E-state index contributed by atoms with van der Waals surface area (Å²) in [6.07, 6.45) is 11.0. The molecule has 2 atom stereocenters. The predicted molar refractivity (Wildman–Crippen MR) is 171 cm³/mol. The van der Waals surface area contributed by atoms with Crippen molar-refractivity contribution in [3.8, 4) is 0 Å². The van der Waals surface area contributed by atoms with Crippen molar-refractivity contribution in [2.45, 2.75) is 159 Å². The van der Waals surface area contributed by atoms with Crippen molar-refractivity contribution in [3.63, 3.8) is 0 Å². The van der Waals surface area contributed by atoms with E-state index < -0.39 is 0 Å². The topological polar surface area (TPSA) is 13.0 Å². The zero-order chi connectivity index (χ0) is 28.8. The van der Waals surface area contributed by atoms with Gasteiger partial charge in [0.05, 0.1) is 0 Å². The van der Waals surface area contributed by atoms with Crippen LogP contribution >= 0.6 is 0 Å². The molecule has 37 heavy (non-hydrogen) atoms. The number of nitrogens with zero attached hydrogens (tertiary/aromatic N) is 4. The van der Waals surface area contributed by atoms with Gasteiger partial charge in [-0.25, -0.2) is 0 Å². The summed E-state index contributed by atoms with van der Waals surface area (Å²) in [7, 11) is 2.28. The Labute approximate surface area is 236 Å². The van der Waals surface area contributed by atoms with Gasteiger partial charge in [0.1, 0.15) is 0 Å². The summed E-state index contributed by atoms with van der Waals surface area (Å²) < 4.78 is 0. The zero-order valence-electron chi connectivity index (χ0n) is 28.3. The Kier molecular flexibility index (Phi) is 26.2. The molecule has 0 aliphatic carbocycles. The monoisotopic (exact) mass is 527 g/mol. The molecule has 2 unspecified atom stereocenters. The highest BCUT2D eigenvalue weighted by molar-refractivity contribution is 4.80. The number of likely N-dealkylation sites (tertiary alicyclic amines) is 2. The third-order valence-corrected chi connectivity index (χ3v) is 7.34. The number of likely N-dealkylation sites (N-methyl/N-ethyl adjacent to an activating group) is 3. The fraction of sp³-hybridized carbons (Fsp3) is 1.00. The van der Waals surface area contributed by atoms with Crippen LogP contribution in [0.4, 0.5) is 0 Å². The molecule has 4 nitrogen and oxygen atoms in total. The number of hydrogen-bond acceptors (Lipinski definition) is 4. The van der Waals surface area contributed by atoms with E-state index in [9.17, 15) is 0 Å². The molecule has 2 aliphatic rings. The molecule has 0 bridgehead atoms. The first kappa shape index (κ1) is 39.0. The lowest BCUT2D eigenvalue weighted by Gasteiger charge is -2.39. The fourth-order valence-electron chi connectivity index (χ4n) is 5.15. The summed E-state index contributed by atoms with van der Waals surface area (Å²) in [5, 5.41) is 0. The van der Waals surface area contributed by atoms with Gasteiger partial charge in [-0.2, -0.15) is 0 Å². The molecule has 0 saturated carbocycles. The van der Waals surface area contributed by atoms with Gasteiger partial charge in [0.25, 0.3) is 0 Å². The maximum atomic E-state index is 2.68. The van der Waals surface area contributed by atoms with Crippen molar-refractivity contribution in [2.24, 2.45) is 5.92 Å². The minimum absolute atomic E-state index is 0.690. The maximum Gasteiger partial charge on any atom is 0.0223 e. The van der Waals surface area contributed by atoms with Gasteiger partial charge in [0.2, 0.25) is 0 Å². The molecule has 2 heterocycles. The van der Waals surface area contributed by atoms with E-state index in [1.165, 1.54) is 97.2 Å². The van der Waals surface area contributed by atoms with Crippen molar-refractivity contribution in [1.82, 2.24) is 19.6 Å². The van der Waals surface area contributed by atoms with Gasteiger partial charge in [-0.05, 0) is 105 Å². The molecule has 0 spiro atoms. The summed E-state index contributed by atoms with van der Waals surface area (Å²) in [4.78, 5) is 10.4. The summed E-state index contributed by atoms with van der Waals surface area (Å²) >= 11 is 0. The SMILES string of the molecule is CC(C)C.CCC.CCCN(CC1CCCCN1CC)C(C)C.CCN(CC1CCCCN1C)C(C)C. The molecule has 0 N–H and O–H groups in total. The van der Waals surface area contributed by atoms with Crippen LogP contribution in [0.15, 0.2) is 0 Å². The lowest BCUT2D eigenvalue weighted by atomic mass is 10.0. The highest BCUT2D eigenvalue weighted by Crippen LogP contribution is 2.19. The Balaban J connectivity index is 0. The highest BCUT2D eigenvalue weighted by atomic mass is 15.2. The molecular formula is C33H74N4. The van der Waals surface area contributed by atoms with Crippen molar-refractivity contribution in [2.75, 3.05) is 52.9 Å². The van der Waals surface area contributed by atoms with E-state index in [1.54, 1.807) is 0 Å². The molecular weight excluding hydrogens is 452 g/mol. The molecule has 0 aromatic rings. The lowest BCUT2D eigenvalue weighted by Crippen LogP contribution is -2.48. The van der Waals surface area contributed by atoms with Gasteiger partial charge < -0.3 is 4.90 Å². The standard InChI is InChI=1S/C14H30N2.C12H26N2.C4H10.C3H8/c1-5-10-16(13(3)4)12-14-9-7-8-11-15(14)6-2;1-5-14(11(2)3)10-12-8-6-7-9-13(12)4;1-4(2)3;1-3-2/h13-14H,5-12H2,1-4H3;11-12H,5-10H2,1-4H3;4H,1-3H3;3H2,1-2H3. The quantitative estimate of drug-likeness (QED) is 0.284. The second-order valence-corrected chi connectivity index (χ2v) is 12.6. The molecule has 0 radical (unpaired) electrons. The zero-order valence-corrected chi connectivity index (χ0v) is 28.3. The van der Waals surface area contributed by atoms with Gasteiger partial charge in [0, 0.05) is 37.3 Å². The smallest absolute Gasteiger partial charge is 0.0223 e. The van der Waals surface area contributed by atoms with E-state index in [4.69, 9.17) is 0 Å². The van der Waals surface area contributed by atoms with E-state index in [0.29, 0.717) is 12.1 Å². The van der Waals surface area contributed by atoms with Crippen LogP contribution in [0.5, 0.6) is 0 Å². The molecule has 2 rings (SSSR count). The van der Waals surface area contributed by atoms with Crippen molar-refractivity contribution in [3.05, 3.63) is 0 Å². The van der Waals surface area contributed by atoms with E-state index in [-0.39, 0.29) is 0 Å². The Morgan fingerprint density at radius 2 is 1.14 bits per heavy atom. The lowest BCUT2D eigenvalue weighted by molar-refractivity contribution is 0.0952. The first-order chi connectivity index (χ1) is 17.5. The Bertz CT molecular complexity index is 462. The number of piperidine rings is 2. The summed E-state index contributed by atoms with van der Waals surface area (Å²) in [5.74, 6) is 0.833. The molecule has 0 amide bonds. The van der Waals surface area contributed by atoms with Crippen LogP contribution in [0.1, 0.15) is 134 Å². The van der Waals surface area contributed by atoms with E-state index in [2.05, 4.69) is 110 Å². The van der Waals surface area contributed by atoms with Crippen LogP contribution in [-0.2, 0) is 0 Å². The largest absolute Gasteiger partial charge is 0.302 e. The summed E-state index contributed by atoms with van der Waals surface area (Å²) in [6, 6.07) is 3.00. The van der Waals surface area contributed by atoms with Gasteiger partial charge in [-0.3, -0.25) is 14.7 Å². The Hall–Kier alpha value is -0.160. The third-order valence-electron chi connectivity index (χ3n) is 7.34. The van der Waals surface area contributed by atoms with Crippen LogP contribution in [0.25, 0.3) is 0 Å². The van der Waals surface area contributed by atoms with E-state index in [0.717, 1.165) is 18.0 Å². The highest BCUT2D eigenvalue weighted by Gasteiger charge is 2.24. The first-order valence-corrected chi connectivity index (χ1v) is 16.4. The molecule has 4 heteroatoms. The molecule has 0 aromatic carbocycles. The van der Waals surface area contributed by atoms with Crippen LogP contribution in [0.3, 0.4) is 0 Å². The second kappa shape index (κ2) is 24.9. The molecule has 0 aromatic heterocycles. The van der Waals surface area contributed by atoms with Crippen LogP contribution in [-0.4, -0.2) is 96.6 Å². The normalized spacial score (nSPS) is 20.9. The van der Waals surface area contributed by atoms with Gasteiger partial charge >= 0.3 is 0 Å². The third kappa shape index (κ3) is 20.4. The van der Waals surface area contributed by atoms with Gasteiger partial charge in [-0.1, -0.05) is 74.7 Å². The Morgan fingerprint density at radius 3 is 1.54 bits per heavy atom. The van der Waals surface area contributed by atoms with Gasteiger partial charge in [-0.15, -0.1) is 0 Å². The second-order valence-electron chi connectivity index (χ2n) is 12.6. The molecule has 226 valence electrons. The fourth-order valence-corrected chi connectivity index (χ4v) is 5.15. The molecule has 2 saturated heterocycles. The van der Waals surface area contributed by atoms with Crippen LogP contribution in [0, 0.1) is 5.92 Å². The Morgan fingerprint density at radius 1 is 0.676 bits per heavy atom. The van der Waals surface area contributed by atoms with Crippen molar-refractivity contribution >= 4 is 0 Å². The average molecular weight is 527 g/mol. The minimum atomic E-state index is 0.690. The van der Waals surface area contributed by atoms with E-state index in [1.807, 2.05) is 0 Å². The molecule has 2 aliphatic heterocycles. The minimum Gasteiger partial charge on any atom is -0.302 e. The maximum absolute atomic E-state index is 2.68. The van der Waals surface area contributed by atoms with Crippen LogP contribution < -0.4 is 0 Å². The van der Waals surface area contributed by atoms with Gasteiger partial charge in [0.15, 0.2) is 0 Å². The molecule has 2 fully saturated rings. The van der Waals surface area contributed by atoms with Crippen molar-refractivity contribution < 1.29 is 0 Å². The summed E-state index contributed by atoms with van der Waals surface area (Å²) in [6.45, 7) is 35.7.